The third-order valence-corrected chi connectivity index (χ3v) is 3.94. The molecule has 0 radical (unpaired) electrons. The van der Waals surface area contributed by atoms with Gasteiger partial charge in [-0.1, -0.05) is 17.7 Å². The van der Waals surface area contributed by atoms with Crippen molar-refractivity contribution in [3.05, 3.63) is 50.7 Å². The van der Waals surface area contributed by atoms with Gasteiger partial charge in [0.05, 0.1) is 4.92 Å². The average molecular weight is 327 g/mol. The van der Waals surface area contributed by atoms with Gasteiger partial charge in [0.1, 0.15) is 11.4 Å². The molecule has 1 aromatic heterocycles. The van der Waals surface area contributed by atoms with Gasteiger partial charge < -0.3 is 14.5 Å². The Hall–Kier alpha value is -1.86. The third-order valence-electron chi connectivity index (χ3n) is 3.71. The molecule has 22 heavy (non-hydrogen) atoms. The zero-order valence-corrected chi connectivity index (χ0v) is 13.6. The highest BCUT2D eigenvalue weighted by atomic mass is 35.5. The van der Waals surface area contributed by atoms with Crippen molar-refractivity contribution in [2.24, 2.45) is 0 Å². The number of pyridine rings is 1. The van der Waals surface area contributed by atoms with Crippen LogP contribution in [0.25, 0.3) is 0 Å². The van der Waals surface area contributed by atoms with E-state index in [1.165, 1.54) is 0 Å². The fourth-order valence-electron chi connectivity index (χ4n) is 2.69. The van der Waals surface area contributed by atoms with Crippen molar-refractivity contribution in [3.63, 3.8) is 0 Å². The molecule has 1 aliphatic heterocycles. The van der Waals surface area contributed by atoms with Gasteiger partial charge in [-0.05, 0) is 11.6 Å². The summed E-state index contributed by atoms with van der Waals surface area (Å²) < 4.78 is 5.39. The lowest BCUT2D eigenvalue weighted by atomic mass is 10.1. The predicted octanol–water partition coefficient (Wildman–Crippen LogP) is 2.31. The van der Waals surface area contributed by atoms with Crippen molar-refractivity contribution in [2.45, 2.75) is 25.6 Å². The molecule has 120 valence electrons. The molecule has 0 bridgehead atoms. The summed E-state index contributed by atoms with van der Waals surface area (Å²) in [5, 5.41) is 11.8. The molecule has 1 atom stereocenters. The van der Waals surface area contributed by atoms with Crippen LogP contribution in [0.4, 0.5) is 0 Å². The molecule has 0 saturated carbocycles. The number of hydrogen-bond acceptors (Lipinski definition) is 6. The maximum Gasteiger partial charge on any atom is 0.286 e. The summed E-state index contributed by atoms with van der Waals surface area (Å²) in [5.74, 6) is 0.568. The standard InChI is InChI=1S/C14H19ClN4O3/c1-17(9-10-4-6-12(15)16-8-10)14-11(19(20)21)5-7-13(22-3)18(14)2/h4,6,8,13H,5,7,9H2,1-3H3. The highest BCUT2D eigenvalue weighted by molar-refractivity contribution is 6.29. The summed E-state index contributed by atoms with van der Waals surface area (Å²) in [6, 6.07) is 3.56. The van der Waals surface area contributed by atoms with Crippen LogP contribution in [0, 0.1) is 10.1 Å². The first-order valence-corrected chi connectivity index (χ1v) is 7.26. The highest BCUT2D eigenvalue weighted by Gasteiger charge is 2.34. The van der Waals surface area contributed by atoms with Gasteiger partial charge in [-0.25, -0.2) is 4.98 Å². The molecule has 0 spiro atoms. The Morgan fingerprint density at radius 1 is 1.59 bits per heavy atom. The van der Waals surface area contributed by atoms with E-state index in [0.717, 1.165) is 5.56 Å². The molecule has 1 aliphatic rings. The molecule has 2 rings (SSSR count). The molecular weight excluding hydrogens is 308 g/mol. The molecule has 0 aliphatic carbocycles. The van der Waals surface area contributed by atoms with Crippen LogP contribution < -0.4 is 0 Å². The maximum atomic E-state index is 11.3. The monoisotopic (exact) mass is 326 g/mol. The number of allylic oxidation sites excluding steroid dienone is 1. The van der Waals surface area contributed by atoms with Crippen molar-refractivity contribution in [3.8, 4) is 0 Å². The largest absolute Gasteiger partial charge is 0.362 e. The number of nitrogens with zero attached hydrogens (tertiary/aromatic N) is 4. The van der Waals surface area contributed by atoms with Gasteiger partial charge in [-0.15, -0.1) is 0 Å². The lowest BCUT2D eigenvalue weighted by Crippen LogP contribution is -2.43. The topological polar surface area (TPSA) is 71.7 Å². The first kappa shape index (κ1) is 16.5. The fourth-order valence-corrected chi connectivity index (χ4v) is 2.80. The molecular formula is C14H19ClN4O3. The van der Waals surface area contributed by atoms with Crippen LogP contribution in [-0.2, 0) is 11.3 Å². The van der Waals surface area contributed by atoms with Gasteiger partial charge in [-0.2, -0.15) is 0 Å². The zero-order chi connectivity index (χ0) is 16.3. The summed E-state index contributed by atoms with van der Waals surface area (Å²) in [4.78, 5) is 18.7. The second kappa shape index (κ2) is 6.93. The summed E-state index contributed by atoms with van der Waals surface area (Å²) >= 11 is 5.77. The number of nitro groups is 1. The van der Waals surface area contributed by atoms with Crippen molar-refractivity contribution in [2.75, 3.05) is 21.2 Å². The van der Waals surface area contributed by atoms with Crippen LogP contribution in [-0.4, -0.2) is 47.1 Å². The lowest BCUT2D eigenvalue weighted by Gasteiger charge is -2.38. The normalized spacial score (nSPS) is 18.5. The zero-order valence-electron chi connectivity index (χ0n) is 12.8. The SMILES string of the molecule is COC1CCC([N+](=O)[O-])=C(N(C)Cc2ccc(Cl)nc2)N1C. The second-order valence-electron chi connectivity index (χ2n) is 5.21. The molecule has 8 heteroatoms. The van der Waals surface area contributed by atoms with E-state index in [1.54, 1.807) is 19.4 Å². The van der Waals surface area contributed by atoms with E-state index in [0.29, 0.717) is 30.4 Å². The number of ether oxygens (including phenoxy) is 1. The van der Waals surface area contributed by atoms with Crippen LogP contribution >= 0.6 is 11.6 Å². The van der Waals surface area contributed by atoms with Gasteiger partial charge in [0, 0.05) is 46.8 Å². The first-order valence-electron chi connectivity index (χ1n) is 6.88. The van der Waals surface area contributed by atoms with Crippen LogP contribution in [0.15, 0.2) is 29.8 Å². The van der Waals surface area contributed by atoms with Gasteiger partial charge in [0.25, 0.3) is 5.70 Å². The summed E-state index contributed by atoms with van der Waals surface area (Å²) in [6.45, 7) is 0.498. The minimum Gasteiger partial charge on any atom is -0.362 e. The average Bonchev–Trinajstić information content (AvgIpc) is 2.48. The van der Waals surface area contributed by atoms with Crippen molar-refractivity contribution < 1.29 is 9.66 Å². The van der Waals surface area contributed by atoms with Crippen molar-refractivity contribution in [1.82, 2.24) is 14.8 Å². The van der Waals surface area contributed by atoms with E-state index in [1.807, 2.05) is 30.0 Å². The maximum absolute atomic E-state index is 11.3. The third kappa shape index (κ3) is 3.48. The number of rotatable bonds is 5. The smallest absolute Gasteiger partial charge is 0.286 e. The van der Waals surface area contributed by atoms with E-state index in [9.17, 15) is 10.1 Å². The van der Waals surface area contributed by atoms with E-state index in [2.05, 4.69) is 4.98 Å². The quantitative estimate of drug-likeness (QED) is 0.470. The molecule has 0 saturated heterocycles. The van der Waals surface area contributed by atoms with Gasteiger partial charge in [0.2, 0.25) is 0 Å². The Kier molecular flexibility index (Phi) is 5.20. The van der Waals surface area contributed by atoms with Crippen LogP contribution in [0.5, 0.6) is 0 Å². The van der Waals surface area contributed by atoms with Crippen molar-refractivity contribution >= 4 is 11.6 Å². The van der Waals surface area contributed by atoms with E-state index >= 15 is 0 Å². The molecule has 1 unspecified atom stereocenters. The summed E-state index contributed by atoms with van der Waals surface area (Å²) in [6.07, 6.45) is 2.49. The molecule has 2 heterocycles. The fraction of sp³-hybridized carbons (Fsp3) is 0.500. The van der Waals surface area contributed by atoms with Crippen LogP contribution in [0.3, 0.4) is 0 Å². The molecule has 7 nitrogen and oxygen atoms in total. The van der Waals surface area contributed by atoms with E-state index in [4.69, 9.17) is 16.3 Å². The Morgan fingerprint density at radius 3 is 2.86 bits per heavy atom. The summed E-state index contributed by atoms with van der Waals surface area (Å²) in [5.41, 5.74) is 1.13. The van der Waals surface area contributed by atoms with E-state index < -0.39 is 0 Å². The Labute approximate surface area is 134 Å². The molecule has 1 aromatic rings. The van der Waals surface area contributed by atoms with Crippen LogP contribution in [0.1, 0.15) is 18.4 Å². The van der Waals surface area contributed by atoms with Gasteiger partial charge in [-0.3, -0.25) is 10.1 Å². The predicted molar refractivity (Wildman–Crippen MR) is 82.5 cm³/mol. The van der Waals surface area contributed by atoms with Gasteiger partial charge >= 0.3 is 0 Å². The highest BCUT2D eigenvalue weighted by Crippen LogP contribution is 2.29. The Morgan fingerprint density at radius 2 is 2.32 bits per heavy atom. The molecule has 0 N–H and O–H groups in total. The Bertz CT molecular complexity index is 576. The van der Waals surface area contributed by atoms with Gasteiger partial charge in [0.15, 0.2) is 5.82 Å². The molecule has 0 amide bonds. The number of methoxy groups -OCH3 is 1. The Balaban J connectivity index is 2.27. The second-order valence-corrected chi connectivity index (χ2v) is 5.60. The van der Waals surface area contributed by atoms with Crippen LogP contribution in [0.2, 0.25) is 5.15 Å². The summed E-state index contributed by atoms with van der Waals surface area (Å²) in [7, 11) is 5.24. The van der Waals surface area contributed by atoms with E-state index in [-0.39, 0.29) is 16.8 Å². The molecule has 0 aromatic carbocycles. The number of aromatic nitrogens is 1. The molecule has 0 fully saturated rings. The number of halogens is 1. The minimum atomic E-state index is -0.311. The first-order chi connectivity index (χ1) is 10.4. The number of hydrogen-bond donors (Lipinski definition) is 0. The van der Waals surface area contributed by atoms with Crippen molar-refractivity contribution in [1.29, 1.82) is 0 Å². The minimum absolute atomic E-state index is 0.163. The lowest BCUT2D eigenvalue weighted by molar-refractivity contribution is -0.434.